The van der Waals surface area contributed by atoms with Crippen molar-refractivity contribution in [3.63, 3.8) is 0 Å². The molecule has 2 aromatic rings. The Bertz CT molecular complexity index is 938. The molecular weight excluding hydrogens is 382 g/mol. The van der Waals surface area contributed by atoms with Crippen molar-refractivity contribution < 1.29 is 13.2 Å². The van der Waals surface area contributed by atoms with E-state index in [9.17, 15) is 13.2 Å². The lowest BCUT2D eigenvalue weighted by Gasteiger charge is -2.11. The minimum absolute atomic E-state index is 0.0438. The highest BCUT2D eigenvalue weighted by atomic mass is 35.5. The van der Waals surface area contributed by atoms with Gasteiger partial charge in [-0.05, 0) is 36.8 Å². The molecule has 6 nitrogen and oxygen atoms in total. The summed E-state index contributed by atoms with van der Waals surface area (Å²) in [7, 11) is -2.00. The van der Waals surface area contributed by atoms with Crippen molar-refractivity contribution in [3.05, 3.63) is 45.6 Å². The molecule has 0 spiro atoms. The van der Waals surface area contributed by atoms with Gasteiger partial charge in [-0.2, -0.15) is 8.42 Å². The number of amidine groups is 1. The maximum Gasteiger partial charge on any atom is 0.284 e. The van der Waals surface area contributed by atoms with Crippen LogP contribution < -0.4 is 5.32 Å². The molecule has 2 heterocycles. The number of halogens is 1. The van der Waals surface area contributed by atoms with Crippen molar-refractivity contribution in [1.29, 1.82) is 0 Å². The lowest BCUT2D eigenvalue weighted by atomic mass is 10.3. The molecule has 0 radical (unpaired) electrons. The van der Waals surface area contributed by atoms with Gasteiger partial charge in [-0.3, -0.25) is 4.79 Å². The zero-order valence-corrected chi connectivity index (χ0v) is 15.8. The highest BCUT2D eigenvalue weighted by Crippen LogP contribution is 2.24. The third-order valence-electron chi connectivity index (χ3n) is 3.75. The maximum atomic E-state index is 12.5. The third-order valence-corrected chi connectivity index (χ3v) is 6.28. The molecule has 0 saturated carbocycles. The second-order valence-electron chi connectivity index (χ2n) is 5.59. The summed E-state index contributed by atoms with van der Waals surface area (Å²) in [6.45, 7) is 0.799. The van der Waals surface area contributed by atoms with E-state index in [0.717, 1.165) is 24.3 Å². The van der Waals surface area contributed by atoms with Crippen LogP contribution >= 0.6 is 22.9 Å². The van der Waals surface area contributed by atoms with Crippen LogP contribution in [0.2, 0.25) is 4.34 Å². The van der Waals surface area contributed by atoms with Crippen molar-refractivity contribution in [2.75, 3.05) is 18.9 Å². The van der Waals surface area contributed by atoms with Crippen LogP contribution in [0.15, 0.2) is 45.7 Å². The standard InChI is InChI=1S/C16H16ClN3O3S2/c1-20-9-3-6-15(20)19-25(22,23)12-5-2-4-11(10-12)18-16(21)13-7-8-14(17)24-13/h2,4-5,7-8,10H,3,6,9H2,1H3,(H,18,21). The van der Waals surface area contributed by atoms with Gasteiger partial charge in [-0.1, -0.05) is 17.7 Å². The van der Waals surface area contributed by atoms with Gasteiger partial charge in [-0.15, -0.1) is 15.7 Å². The Morgan fingerprint density at radius 1 is 1.32 bits per heavy atom. The summed E-state index contributed by atoms with van der Waals surface area (Å²) in [5, 5.41) is 2.68. The van der Waals surface area contributed by atoms with Crippen LogP contribution in [-0.4, -0.2) is 38.7 Å². The number of hydrogen-bond donors (Lipinski definition) is 1. The van der Waals surface area contributed by atoms with Gasteiger partial charge in [0.2, 0.25) is 0 Å². The zero-order valence-electron chi connectivity index (χ0n) is 13.4. The predicted octanol–water partition coefficient (Wildman–Crippen LogP) is 3.47. The fourth-order valence-electron chi connectivity index (χ4n) is 2.46. The maximum absolute atomic E-state index is 12.5. The van der Waals surface area contributed by atoms with Crippen molar-refractivity contribution in [2.24, 2.45) is 4.40 Å². The number of amides is 1. The van der Waals surface area contributed by atoms with Crippen LogP contribution in [0.25, 0.3) is 0 Å². The predicted molar refractivity (Wildman–Crippen MR) is 100 cm³/mol. The number of likely N-dealkylation sites (tertiary alicyclic amines) is 1. The van der Waals surface area contributed by atoms with Gasteiger partial charge in [0.1, 0.15) is 5.84 Å². The average Bonchev–Trinajstić information content (AvgIpc) is 3.16. The molecule has 1 saturated heterocycles. The number of hydrogen-bond acceptors (Lipinski definition) is 4. The molecule has 0 atom stereocenters. The molecule has 1 amide bonds. The Morgan fingerprint density at radius 2 is 2.12 bits per heavy atom. The van der Waals surface area contributed by atoms with Gasteiger partial charge >= 0.3 is 0 Å². The van der Waals surface area contributed by atoms with Gasteiger partial charge in [0.15, 0.2) is 0 Å². The van der Waals surface area contributed by atoms with E-state index in [1.165, 1.54) is 12.1 Å². The van der Waals surface area contributed by atoms with Crippen LogP contribution in [0.5, 0.6) is 0 Å². The van der Waals surface area contributed by atoms with Crippen LogP contribution in [-0.2, 0) is 10.0 Å². The summed E-state index contributed by atoms with van der Waals surface area (Å²) in [6.07, 6.45) is 1.54. The van der Waals surface area contributed by atoms with Crippen molar-refractivity contribution in [2.45, 2.75) is 17.7 Å². The number of carbonyl (C=O) groups is 1. The molecule has 0 bridgehead atoms. The Balaban J connectivity index is 1.82. The highest BCUT2D eigenvalue weighted by Gasteiger charge is 2.20. The first-order valence-corrected chi connectivity index (χ1v) is 10.2. The molecule has 1 N–H and O–H groups in total. The third kappa shape index (κ3) is 4.20. The average molecular weight is 398 g/mol. The van der Waals surface area contributed by atoms with E-state index in [4.69, 9.17) is 11.6 Å². The van der Waals surface area contributed by atoms with Crippen molar-refractivity contribution in [3.8, 4) is 0 Å². The number of anilines is 1. The number of benzene rings is 1. The van der Waals surface area contributed by atoms with E-state index in [1.807, 2.05) is 11.9 Å². The molecule has 1 aliphatic rings. The number of nitrogens with zero attached hydrogens (tertiary/aromatic N) is 2. The molecule has 25 heavy (non-hydrogen) atoms. The normalized spacial score (nSPS) is 16.4. The molecule has 132 valence electrons. The highest BCUT2D eigenvalue weighted by molar-refractivity contribution is 7.90. The van der Waals surface area contributed by atoms with Crippen LogP contribution in [0.1, 0.15) is 22.5 Å². The molecule has 0 aliphatic carbocycles. The minimum Gasteiger partial charge on any atom is -0.362 e. The zero-order chi connectivity index (χ0) is 18.0. The van der Waals surface area contributed by atoms with Gasteiger partial charge in [0.25, 0.3) is 15.9 Å². The number of sulfonamides is 1. The molecule has 1 fully saturated rings. The Morgan fingerprint density at radius 3 is 2.76 bits per heavy atom. The lowest BCUT2D eigenvalue weighted by Crippen LogP contribution is -2.20. The fraction of sp³-hybridized carbons (Fsp3) is 0.250. The summed E-state index contributed by atoms with van der Waals surface area (Å²) < 4.78 is 29.4. The Hall–Kier alpha value is -1.90. The molecule has 0 unspecified atom stereocenters. The summed E-state index contributed by atoms with van der Waals surface area (Å²) in [4.78, 5) is 14.5. The molecule has 3 rings (SSSR count). The first kappa shape index (κ1) is 17.9. The first-order valence-electron chi connectivity index (χ1n) is 7.57. The van der Waals surface area contributed by atoms with Crippen molar-refractivity contribution in [1.82, 2.24) is 4.90 Å². The number of nitrogens with one attached hydrogen (secondary N) is 1. The van der Waals surface area contributed by atoms with E-state index in [-0.39, 0.29) is 10.8 Å². The number of carbonyl (C=O) groups excluding carboxylic acids is 1. The topological polar surface area (TPSA) is 78.8 Å². The largest absolute Gasteiger partial charge is 0.362 e. The van der Waals surface area contributed by atoms with E-state index in [2.05, 4.69) is 9.71 Å². The summed E-state index contributed by atoms with van der Waals surface area (Å²) in [5.74, 6) is 0.218. The molecule has 1 aromatic carbocycles. The van der Waals surface area contributed by atoms with E-state index >= 15 is 0 Å². The Kier molecular flexibility index (Phi) is 5.12. The second-order valence-corrected chi connectivity index (χ2v) is 8.91. The van der Waals surface area contributed by atoms with Gasteiger partial charge in [0.05, 0.1) is 14.1 Å². The lowest BCUT2D eigenvalue weighted by molar-refractivity contribution is 0.103. The smallest absolute Gasteiger partial charge is 0.284 e. The molecule has 9 heteroatoms. The van der Waals surface area contributed by atoms with Crippen molar-refractivity contribution >= 4 is 50.4 Å². The second kappa shape index (κ2) is 7.15. The van der Waals surface area contributed by atoms with Gasteiger partial charge in [-0.25, -0.2) is 0 Å². The Labute approximate surface area is 155 Å². The van der Waals surface area contributed by atoms with E-state index in [1.54, 1.807) is 24.3 Å². The minimum atomic E-state index is -3.82. The summed E-state index contributed by atoms with van der Waals surface area (Å²) in [6, 6.07) is 9.32. The molecule has 1 aliphatic heterocycles. The molecular formula is C16H16ClN3O3S2. The summed E-state index contributed by atoms with van der Waals surface area (Å²) in [5.41, 5.74) is 0.385. The van der Waals surface area contributed by atoms with Gasteiger partial charge in [0, 0.05) is 25.7 Å². The van der Waals surface area contributed by atoms with E-state index in [0.29, 0.717) is 27.2 Å². The fourth-order valence-corrected chi connectivity index (χ4v) is 4.54. The first-order chi connectivity index (χ1) is 11.8. The monoisotopic (exact) mass is 397 g/mol. The number of thiophene rings is 1. The number of rotatable bonds is 4. The van der Waals surface area contributed by atoms with Crippen LogP contribution in [0, 0.1) is 0 Å². The van der Waals surface area contributed by atoms with Crippen LogP contribution in [0.3, 0.4) is 0 Å². The van der Waals surface area contributed by atoms with E-state index < -0.39 is 10.0 Å². The quantitative estimate of drug-likeness (QED) is 0.856. The van der Waals surface area contributed by atoms with Gasteiger partial charge < -0.3 is 10.2 Å². The van der Waals surface area contributed by atoms with Crippen LogP contribution in [0.4, 0.5) is 5.69 Å². The molecule has 1 aromatic heterocycles. The SMILES string of the molecule is CN1CCCC1=NS(=O)(=O)c1cccc(NC(=O)c2ccc(Cl)s2)c1. The summed E-state index contributed by atoms with van der Waals surface area (Å²) >= 11 is 6.98.